The maximum absolute atomic E-state index is 13.5. The Bertz CT molecular complexity index is 747. The number of carbonyl (C=O) groups excluding carboxylic acids is 2. The zero-order valence-electron chi connectivity index (χ0n) is 14.4. The lowest BCUT2D eigenvalue weighted by Gasteiger charge is -2.11. The topological polar surface area (TPSA) is 61.4 Å². The number of para-hydroxylation sites is 1. The lowest BCUT2D eigenvalue weighted by molar-refractivity contribution is -0.128. The zero-order chi connectivity index (χ0) is 18.2. The van der Waals surface area contributed by atoms with Crippen molar-refractivity contribution in [2.24, 2.45) is 0 Å². The van der Waals surface area contributed by atoms with Crippen LogP contribution in [0.5, 0.6) is 0 Å². The zero-order valence-corrected chi connectivity index (χ0v) is 14.4. The smallest absolute Gasteiger partial charge is 0.243 e. The van der Waals surface area contributed by atoms with Crippen molar-refractivity contribution in [3.05, 3.63) is 59.9 Å². The first-order valence-corrected chi connectivity index (χ1v) is 8.03. The Morgan fingerprint density at radius 3 is 2.56 bits per heavy atom. The largest absolute Gasteiger partial charge is 0.374 e. The molecular weight excluding hydrogens is 321 g/mol. The van der Waals surface area contributed by atoms with E-state index in [4.69, 9.17) is 0 Å². The van der Waals surface area contributed by atoms with Gasteiger partial charge in [0.1, 0.15) is 5.82 Å². The van der Waals surface area contributed by atoms with Crippen LogP contribution in [0.15, 0.2) is 48.5 Å². The van der Waals surface area contributed by atoms with Gasteiger partial charge in [0.2, 0.25) is 11.8 Å². The minimum Gasteiger partial charge on any atom is -0.374 e. The van der Waals surface area contributed by atoms with Gasteiger partial charge in [-0.1, -0.05) is 24.3 Å². The molecule has 0 saturated heterocycles. The summed E-state index contributed by atoms with van der Waals surface area (Å²) in [5.74, 6) is -0.615. The van der Waals surface area contributed by atoms with Crippen LogP contribution in [0.3, 0.4) is 0 Å². The van der Waals surface area contributed by atoms with Crippen molar-refractivity contribution in [1.29, 1.82) is 0 Å². The van der Waals surface area contributed by atoms with E-state index >= 15 is 0 Å². The fourth-order valence-corrected chi connectivity index (χ4v) is 2.26. The van der Waals surface area contributed by atoms with Crippen LogP contribution in [0.4, 0.5) is 15.8 Å². The molecule has 25 heavy (non-hydrogen) atoms. The molecule has 0 aromatic heterocycles. The van der Waals surface area contributed by atoms with Gasteiger partial charge in [0, 0.05) is 26.2 Å². The van der Waals surface area contributed by atoms with Crippen molar-refractivity contribution < 1.29 is 14.0 Å². The van der Waals surface area contributed by atoms with Gasteiger partial charge in [-0.05, 0) is 36.2 Å². The second-order valence-electron chi connectivity index (χ2n) is 5.87. The summed E-state index contributed by atoms with van der Waals surface area (Å²) in [5, 5.41) is 5.53. The Kier molecular flexibility index (Phi) is 6.51. The van der Waals surface area contributed by atoms with Gasteiger partial charge in [0.05, 0.1) is 12.2 Å². The number of carbonyl (C=O) groups is 2. The van der Waals surface area contributed by atoms with E-state index in [1.165, 1.54) is 6.07 Å². The van der Waals surface area contributed by atoms with Crippen molar-refractivity contribution >= 4 is 23.2 Å². The molecule has 0 heterocycles. The van der Waals surface area contributed by atoms with Crippen LogP contribution in [0, 0.1) is 5.82 Å². The first-order chi connectivity index (χ1) is 12.0. The fourth-order valence-electron chi connectivity index (χ4n) is 2.26. The molecule has 0 fully saturated rings. The molecule has 0 aliphatic rings. The molecule has 2 aromatic carbocycles. The van der Waals surface area contributed by atoms with Crippen LogP contribution >= 0.6 is 0 Å². The van der Waals surface area contributed by atoms with Crippen LogP contribution in [0.2, 0.25) is 0 Å². The summed E-state index contributed by atoms with van der Waals surface area (Å²) >= 11 is 0. The summed E-state index contributed by atoms with van der Waals surface area (Å²) in [6.07, 6.45) is 1.02. The third-order valence-electron chi connectivity index (χ3n) is 3.65. The van der Waals surface area contributed by atoms with Gasteiger partial charge in [-0.3, -0.25) is 9.59 Å². The number of hydrogen-bond acceptors (Lipinski definition) is 3. The monoisotopic (exact) mass is 343 g/mol. The van der Waals surface area contributed by atoms with Gasteiger partial charge in [-0.25, -0.2) is 4.39 Å². The lowest BCUT2D eigenvalue weighted by Crippen LogP contribution is -2.22. The second-order valence-corrected chi connectivity index (χ2v) is 5.87. The highest BCUT2D eigenvalue weighted by atomic mass is 19.1. The van der Waals surface area contributed by atoms with Crippen LogP contribution in [-0.2, 0) is 16.0 Å². The first-order valence-electron chi connectivity index (χ1n) is 8.03. The molecule has 0 atom stereocenters. The highest BCUT2D eigenvalue weighted by Gasteiger charge is 2.07. The third-order valence-corrected chi connectivity index (χ3v) is 3.65. The molecule has 2 amide bonds. The second kappa shape index (κ2) is 8.82. The van der Waals surface area contributed by atoms with Gasteiger partial charge < -0.3 is 15.5 Å². The van der Waals surface area contributed by atoms with Gasteiger partial charge >= 0.3 is 0 Å². The molecule has 2 aromatic rings. The van der Waals surface area contributed by atoms with Crippen molar-refractivity contribution in [3.63, 3.8) is 0 Å². The normalized spacial score (nSPS) is 10.2. The number of hydrogen-bond donors (Lipinski definition) is 2. The molecule has 0 aliphatic carbocycles. The molecule has 2 rings (SSSR count). The van der Waals surface area contributed by atoms with Crippen LogP contribution in [0.25, 0.3) is 0 Å². The number of nitrogens with zero attached hydrogens (tertiary/aromatic N) is 1. The fraction of sp³-hybridized carbons (Fsp3) is 0.263. The van der Waals surface area contributed by atoms with Gasteiger partial charge in [0.25, 0.3) is 0 Å². The molecule has 0 aliphatic heterocycles. The summed E-state index contributed by atoms with van der Waals surface area (Å²) in [5.41, 5.74) is 1.90. The standard InChI is InChI=1S/C19H22FN3O2/c1-23(2)19(25)11-10-14-6-5-7-15(12-14)22-18(24)13-21-17-9-4-3-8-16(17)20/h3-9,12,21H,10-11,13H2,1-2H3,(H,22,24). The summed E-state index contributed by atoms with van der Waals surface area (Å²) < 4.78 is 13.5. The van der Waals surface area contributed by atoms with Crippen molar-refractivity contribution in [3.8, 4) is 0 Å². The van der Waals surface area contributed by atoms with Crippen molar-refractivity contribution in [1.82, 2.24) is 4.90 Å². The Morgan fingerprint density at radius 2 is 1.84 bits per heavy atom. The Morgan fingerprint density at radius 1 is 1.08 bits per heavy atom. The quantitative estimate of drug-likeness (QED) is 0.813. The molecule has 0 radical (unpaired) electrons. The third kappa shape index (κ3) is 5.91. The summed E-state index contributed by atoms with van der Waals surface area (Å²) in [6, 6.07) is 13.5. The minimum absolute atomic E-state index is 0.0374. The molecule has 0 spiro atoms. The summed E-state index contributed by atoms with van der Waals surface area (Å²) in [6.45, 7) is -0.0374. The maximum Gasteiger partial charge on any atom is 0.243 e. The number of anilines is 2. The summed E-state index contributed by atoms with van der Waals surface area (Å²) in [7, 11) is 3.45. The molecule has 2 N–H and O–H groups in total. The van der Waals surface area contributed by atoms with E-state index in [1.54, 1.807) is 43.3 Å². The highest BCUT2D eigenvalue weighted by Crippen LogP contribution is 2.14. The van der Waals surface area contributed by atoms with Crippen molar-refractivity contribution in [2.75, 3.05) is 31.3 Å². The minimum atomic E-state index is -0.400. The molecule has 0 unspecified atom stereocenters. The maximum atomic E-state index is 13.5. The van der Waals surface area contributed by atoms with E-state index in [1.807, 2.05) is 18.2 Å². The van der Waals surface area contributed by atoms with Crippen LogP contribution in [0.1, 0.15) is 12.0 Å². The average Bonchev–Trinajstić information content (AvgIpc) is 2.59. The number of rotatable bonds is 7. The Labute approximate surface area is 146 Å². The van der Waals surface area contributed by atoms with Crippen molar-refractivity contribution in [2.45, 2.75) is 12.8 Å². The van der Waals surface area contributed by atoms with E-state index in [0.717, 1.165) is 5.56 Å². The number of nitrogens with one attached hydrogen (secondary N) is 2. The van der Waals surface area contributed by atoms with E-state index in [0.29, 0.717) is 18.5 Å². The Balaban J connectivity index is 1.87. The van der Waals surface area contributed by atoms with E-state index < -0.39 is 5.82 Å². The first kappa shape index (κ1) is 18.4. The van der Waals surface area contributed by atoms with E-state index in [-0.39, 0.29) is 24.0 Å². The van der Waals surface area contributed by atoms with Crippen LogP contribution < -0.4 is 10.6 Å². The predicted molar refractivity (Wildman–Crippen MR) is 97.0 cm³/mol. The molecule has 132 valence electrons. The molecule has 0 bridgehead atoms. The SMILES string of the molecule is CN(C)C(=O)CCc1cccc(NC(=O)CNc2ccccc2F)c1. The molecule has 6 heteroatoms. The number of benzene rings is 2. The van der Waals surface area contributed by atoms with Gasteiger partial charge in [0.15, 0.2) is 0 Å². The highest BCUT2D eigenvalue weighted by molar-refractivity contribution is 5.93. The lowest BCUT2D eigenvalue weighted by atomic mass is 10.1. The number of amides is 2. The van der Waals surface area contributed by atoms with E-state index in [2.05, 4.69) is 10.6 Å². The van der Waals surface area contributed by atoms with Gasteiger partial charge in [-0.2, -0.15) is 0 Å². The predicted octanol–water partition coefficient (Wildman–Crippen LogP) is 2.90. The molecule has 5 nitrogen and oxygen atoms in total. The Hall–Kier alpha value is -2.89. The van der Waals surface area contributed by atoms with E-state index in [9.17, 15) is 14.0 Å². The number of halogens is 1. The average molecular weight is 343 g/mol. The van der Waals surface area contributed by atoms with Gasteiger partial charge in [-0.15, -0.1) is 0 Å². The van der Waals surface area contributed by atoms with Crippen LogP contribution in [-0.4, -0.2) is 37.4 Å². The molecule has 0 saturated carbocycles. The summed E-state index contributed by atoms with van der Waals surface area (Å²) in [4.78, 5) is 25.2. The molecular formula is C19H22FN3O2. The number of aryl methyl sites for hydroxylation is 1.